The average Bonchev–Trinajstić information content (AvgIpc) is 2.69. The lowest BCUT2D eigenvalue weighted by molar-refractivity contribution is 0.0551. The van der Waals surface area contributed by atoms with Crippen LogP contribution in [-0.4, -0.2) is 10.7 Å². The van der Waals surface area contributed by atoms with E-state index in [2.05, 4.69) is 26.8 Å². The van der Waals surface area contributed by atoms with Crippen molar-refractivity contribution < 1.29 is 5.11 Å². The van der Waals surface area contributed by atoms with Crippen LogP contribution in [0.5, 0.6) is 0 Å². The lowest BCUT2D eigenvalue weighted by Crippen LogP contribution is -2.31. The van der Waals surface area contributed by atoms with Gasteiger partial charge in [-0.2, -0.15) is 0 Å². The minimum absolute atomic E-state index is 0.392. The van der Waals surface area contributed by atoms with Crippen LogP contribution in [-0.2, 0) is 0 Å². The smallest absolute Gasteiger partial charge is 0.0856 e. The van der Waals surface area contributed by atoms with Crippen LogP contribution in [0.4, 0.5) is 0 Å². The van der Waals surface area contributed by atoms with E-state index in [0.717, 1.165) is 25.2 Å². The maximum absolute atomic E-state index is 11.1. The van der Waals surface area contributed by atoms with Crippen molar-refractivity contribution in [3.8, 4) is 0 Å². The molecule has 1 nitrogen and oxygen atoms in total. The van der Waals surface area contributed by atoms with Crippen molar-refractivity contribution in [2.45, 2.75) is 90.6 Å². The Morgan fingerprint density at radius 2 is 1.84 bits per heavy atom. The van der Waals surface area contributed by atoms with Crippen LogP contribution in [0, 0.1) is 11.3 Å². The van der Waals surface area contributed by atoms with Crippen molar-refractivity contribution >= 4 is 0 Å². The SMILES string of the molecule is CC(C)(C)C1CCCC(O)(C2=CCCCCC2)CC1. The Balaban J connectivity index is 2.06. The summed E-state index contributed by atoms with van der Waals surface area (Å²) in [5.74, 6) is 0.771. The van der Waals surface area contributed by atoms with Gasteiger partial charge in [-0.15, -0.1) is 0 Å². The maximum Gasteiger partial charge on any atom is 0.0856 e. The second kappa shape index (κ2) is 5.99. The number of allylic oxidation sites excluding steroid dienone is 1. The van der Waals surface area contributed by atoms with Crippen LogP contribution in [0.3, 0.4) is 0 Å². The van der Waals surface area contributed by atoms with Crippen molar-refractivity contribution in [2.75, 3.05) is 0 Å². The van der Waals surface area contributed by atoms with Gasteiger partial charge in [-0.1, -0.05) is 33.3 Å². The third-order valence-electron chi connectivity index (χ3n) is 5.41. The monoisotopic (exact) mass is 264 g/mol. The fraction of sp³-hybridized carbons (Fsp3) is 0.889. The summed E-state index contributed by atoms with van der Waals surface area (Å²) in [7, 11) is 0. The van der Waals surface area contributed by atoms with E-state index in [4.69, 9.17) is 0 Å². The van der Waals surface area contributed by atoms with E-state index in [1.54, 1.807) is 0 Å². The minimum Gasteiger partial charge on any atom is -0.386 e. The second-order valence-corrected chi connectivity index (χ2v) is 7.85. The molecule has 1 fully saturated rings. The first-order chi connectivity index (χ1) is 8.92. The normalized spacial score (nSPS) is 34.3. The molecule has 0 saturated heterocycles. The quantitative estimate of drug-likeness (QED) is 0.507. The van der Waals surface area contributed by atoms with Crippen LogP contribution in [0.15, 0.2) is 11.6 Å². The summed E-state index contributed by atoms with van der Waals surface area (Å²) in [6, 6.07) is 0. The van der Waals surface area contributed by atoms with Crippen molar-refractivity contribution in [1.82, 2.24) is 0 Å². The zero-order valence-corrected chi connectivity index (χ0v) is 13.2. The molecule has 0 amide bonds. The highest BCUT2D eigenvalue weighted by Gasteiger charge is 2.36. The first kappa shape index (κ1) is 15.1. The van der Waals surface area contributed by atoms with Gasteiger partial charge in [0, 0.05) is 0 Å². The number of hydrogen-bond donors (Lipinski definition) is 1. The van der Waals surface area contributed by atoms with Crippen LogP contribution >= 0.6 is 0 Å². The van der Waals surface area contributed by atoms with E-state index in [1.807, 2.05) is 0 Å². The molecule has 1 saturated carbocycles. The molecule has 2 atom stereocenters. The molecule has 2 rings (SSSR count). The van der Waals surface area contributed by atoms with Gasteiger partial charge in [-0.25, -0.2) is 0 Å². The van der Waals surface area contributed by atoms with Crippen LogP contribution < -0.4 is 0 Å². The van der Waals surface area contributed by atoms with E-state index in [9.17, 15) is 5.11 Å². The first-order valence-electron chi connectivity index (χ1n) is 8.34. The van der Waals surface area contributed by atoms with Gasteiger partial charge in [0.05, 0.1) is 5.60 Å². The number of aliphatic hydroxyl groups is 1. The highest BCUT2D eigenvalue weighted by molar-refractivity contribution is 5.18. The summed E-state index contributed by atoms with van der Waals surface area (Å²) in [5, 5.41) is 11.1. The molecule has 0 radical (unpaired) electrons. The Labute approximate surface area is 119 Å². The molecule has 0 aromatic heterocycles. The zero-order chi connectivity index (χ0) is 13.9. The standard InChI is InChI=1S/C18H32O/c1-17(2,3)15-11-8-13-18(19,14-12-15)16-9-6-4-5-7-10-16/h9,15,19H,4-8,10-14H2,1-3H3. The summed E-state index contributed by atoms with van der Waals surface area (Å²) >= 11 is 0. The van der Waals surface area contributed by atoms with Crippen molar-refractivity contribution in [3.63, 3.8) is 0 Å². The summed E-state index contributed by atoms with van der Waals surface area (Å²) in [6.07, 6.45) is 14.3. The lowest BCUT2D eigenvalue weighted by Gasteiger charge is -2.32. The largest absolute Gasteiger partial charge is 0.386 e. The zero-order valence-electron chi connectivity index (χ0n) is 13.2. The Morgan fingerprint density at radius 1 is 1.05 bits per heavy atom. The molecule has 1 heteroatoms. The van der Waals surface area contributed by atoms with Gasteiger partial charge < -0.3 is 5.11 Å². The van der Waals surface area contributed by atoms with E-state index >= 15 is 0 Å². The molecular weight excluding hydrogens is 232 g/mol. The Hall–Kier alpha value is -0.300. The molecule has 0 spiro atoms. The molecule has 0 aromatic carbocycles. The molecular formula is C18H32O. The Kier molecular flexibility index (Phi) is 4.76. The van der Waals surface area contributed by atoms with Gasteiger partial charge in [-0.05, 0) is 74.7 Å². The third kappa shape index (κ3) is 3.84. The molecule has 2 aliphatic rings. The molecule has 0 aromatic rings. The fourth-order valence-electron chi connectivity index (χ4n) is 3.95. The van der Waals surface area contributed by atoms with E-state index in [0.29, 0.717) is 5.41 Å². The molecule has 0 bridgehead atoms. The molecule has 19 heavy (non-hydrogen) atoms. The maximum atomic E-state index is 11.1. The van der Waals surface area contributed by atoms with Gasteiger partial charge in [0.1, 0.15) is 0 Å². The highest BCUT2D eigenvalue weighted by Crippen LogP contribution is 2.43. The van der Waals surface area contributed by atoms with E-state index in [1.165, 1.54) is 50.5 Å². The molecule has 2 unspecified atom stereocenters. The number of hydrogen-bond acceptors (Lipinski definition) is 1. The molecule has 0 aliphatic heterocycles. The average molecular weight is 264 g/mol. The van der Waals surface area contributed by atoms with E-state index < -0.39 is 5.60 Å². The van der Waals surface area contributed by atoms with Gasteiger partial charge in [0.25, 0.3) is 0 Å². The van der Waals surface area contributed by atoms with Crippen LogP contribution in [0.2, 0.25) is 0 Å². The molecule has 110 valence electrons. The Morgan fingerprint density at radius 3 is 2.58 bits per heavy atom. The molecule has 0 heterocycles. The minimum atomic E-state index is -0.468. The van der Waals surface area contributed by atoms with Gasteiger partial charge in [0.15, 0.2) is 0 Å². The molecule has 2 aliphatic carbocycles. The van der Waals surface area contributed by atoms with Crippen molar-refractivity contribution in [3.05, 3.63) is 11.6 Å². The predicted molar refractivity (Wildman–Crippen MR) is 82.1 cm³/mol. The topological polar surface area (TPSA) is 20.2 Å². The lowest BCUT2D eigenvalue weighted by atomic mass is 9.76. The van der Waals surface area contributed by atoms with Crippen molar-refractivity contribution in [2.24, 2.45) is 11.3 Å². The van der Waals surface area contributed by atoms with Gasteiger partial charge >= 0.3 is 0 Å². The number of rotatable bonds is 1. The fourth-order valence-corrected chi connectivity index (χ4v) is 3.95. The highest BCUT2D eigenvalue weighted by atomic mass is 16.3. The van der Waals surface area contributed by atoms with Crippen molar-refractivity contribution in [1.29, 1.82) is 0 Å². The van der Waals surface area contributed by atoms with Crippen LogP contribution in [0.25, 0.3) is 0 Å². The van der Waals surface area contributed by atoms with Gasteiger partial charge in [0.2, 0.25) is 0 Å². The summed E-state index contributed by atoms with van der Waals surface area (Å²) in [4.78, 5) is 0. The first-order valence-corrected chi connectivity index (χ1v) is 8.34. The van der Waals surface area contributed by atoms with Gasteiger partial charge in [-0.3, -0.25) is 0 Å². The second-order valence-electron chi connectivity index (χ2n) is 7.85. The summed E-state index contributed by atoms with van der Waals surface area (Å²) in [5.41, 5.74) is 1.30. The summed E-state index contributed by atoms with van der Waals surface area (Å²) in [6.45, 7) is 7.06. The van der Waals surface area contributed by atoms with E-state index in [-0.39, 0.29) is 0 Å². The predicted octanol–water partition coefficient (Wildman–Crippen LogP) is 5.23. The summed E-state index contributed by atoms with van der Waals surface area (Å²) < 4.78 is 0. The third-order valence-corrected chi connectivity index (χ3v) is 5.41. The van der Waals surface area contributed by atoms with Crippen LogP contribution in [0.1, 0.15) is 85.0 Å². The Bertz CT molecular complexity index is 323. The molecule has 1 N–H and O–H groups in total.